The van der Waals surface area contributed by atoms with Gasteiger partial charge in [0, 0.05) is 11.8 Å². The van der Waals surface area contributed by atoms with Crippen LogP contribution in [-0.2, 0) is 0 Å². The average molecular weight is 384 g/mol. The molecule has 1 aliphatic rings. The average Bonchev–Trinajstić information content (AvgIpc) is 3.18. The van der Waals surface area contributed by atoms with Gasteiger partial charge in [-0.1, -0.05) is 18.2 Å². The molecule has 3 heterocycles. The summed E-state index contributed by atoms with van der Waals surface area (Å²) in [5, 5.41) is 9.54. The van der Waals surface area contributed by atoms with Crippen LogP contribution in [0.15, 0.2) is 48.7 Å². The number of H-pyrrole nitrogens is 1. The Kier molecular flexibility index (Phi) is 5.21. The Morgan fingerprint density at radius 1 is 1.12 bits per heavy atom. The Hall–Kier alpha value is -2.32. The minimum Gasteiger partial charge on any atom is -0.289 e. The smallest absolute Gasteiger partial charge is 0.258 e. The number of hydrogen-bond acceptors (Lipinski definition) is 6. The molecule has 2 N–H and O–H groups in total. The van der Waals surface area contributed by atoms with E-state index in [0.717, 1.165) is 0 Å². The van der Waals surface area contributed by atoms with E-state index >= 15 is 0 Å². The summed E-state index contributed by atoms with van der Waals surface area (Å²) >= 11 is 3.93. The van der Waals surface area contributed by atoms with Crippen LogP contribution in [0.25, 0.3) is 11.5 Å². The molecule has 0 spiro atoms. The molecule has 132 valence electrons. The van der Waals surface area contributed by atoms with Gasteiger partial charge in [-0.15, -0.1) is 28.6 Å². The zero-order valence-electron chi connectivity index (χ0n) is 13.9. The largest absolute Gasteiger partial charge is 0.289 e. The van der Waals surface area contributed by atoms with Crippen LogP contribution in [-0.4, -0.2) is 37.6 Å². The molecule has 0 atom stereocenters. The molecule has 26 heavy (non-hydrogen) atoms. The van der Waals surface area contributed by atoms with Gasteiger partial charge in [-0.2, -0.15) is 4.98 Å². The summed E-state index contributed by atoms with van der Waals surface area (Å²) in [4.78, 5) is 20.9. The number of carbonyl (C=O) groups is 1. The van der Waals surface area contributed by atoms with Crippen molar-refractivity contribution >= 4 is 35.4 Å². The van der Waals surface area contributed by atoms with E-state index < -0.39 is 0 Å². The fraction of sp³-hybridized carbons (Fsp3) is 0.222. The van der Waals surface area contributed by atoms with Gasteiger partial charge in [-0.3, -0.25) is 20.2 Å². The summed E-state index contributed by atoms with van der Waals surface area (Å²) in [5.41, 5.74) is 2.52. The molecule has 1 amide bonds. The van der Waals surface area contributed by atoms with E-state index in [-0.39, 0.29) is 11.9 Å². The summed E-state index contributed by atoms with van der Waals surface area (Å²) in [5.74, 6) is 2.92. The summed E-state index contributed by atoms with van der Waals surface area (Å²) in [6.07, 6.45) is 2.95. The molecule has 1 aromatic carbocycles. The molecule has 3 aromatic rings. The molecule has 2 aromatic heterocycles. The molecule has 0 aliphatic carbocycles. The number of aromatic amines is 1. The fourth-order valence-corrected chi connectivity index (χ4v) is 5.47. The van der Waals surface area contributed by atoms with Gasteiger partial charge in [0.25, 0.3) is 5.91 Å². The van der Waals surface area contributed by atoms with E-state index in [1.807, 2.05) is 66.0 Å². The third kappa shape index (κ3) is 3.91. The number of nitrogens with zero attached hydrogens (tertiary/aromatic N) is 3. The van der Waals surface area contributed by atoms with Crippen molar-refractivity contribution < 1.29 is 4.79 Å². The lowest BCUT2D eigenvalue weighted by Crippen LogP contribution is -2.13. The summed E-state index contributed by atoms with van der Waals surface area (Å²) < 4.78 is 0.467. The second kappa shape index (κ2) is 7.92. The Morgan fingerprint density at radius 3 is 2.65 bits per heavy atom. The van der Waals surface area contributed by atoms with Crippen LogP contribution in [0, 0.1) is 0 Å². The predicted molar refractivity (Wildman–Crippen MR) is 106 cm³/mol. The first-order chi connectivity index (χ1) is 12.8. The first kappa shape index (κ1) is 17.1. The number of thioether (sulfide) groups is 2. The van der Waals surface area contributed by atoms with E-state index in [1.54, 1.807) is 6.20 Å². The van der Waals surface area contributed by atoms with Crippen molar-refractivity contribution in [3.05, 3.63) is 59.8 Å². The Bertz CT molecular complexity index is 876. The molecule has 1 saturated heterocycles. The van der Waals surface area contributed by atoms with Crippen LogP contribution in [0.4, 0.5) is 5.95 Å². The zero-order chi connectivity index (χ0) is 17.8. The lowest BCUT2D eigenvalue weighted by molar-refractivity contribution is 0.102. The van der Waals surface area contributed by atoms with Crippen molar-refractivity contribution in [2.75, 3.05) is 16.8 Å². The maximum atomic E-state index is 12.4. The molecule has 4 rings (SSSR count). The quantitative estimate of drug-likeness (QED) is 0.709. The van der Waals surface area contributed by atoms with E-state index in [4.69, 9.17) is 0 Å². The SMILES string of the molecule is O=C(Nc1n[nH]c(-c2ccccn2)n1)c1ccc(C2SCCCS2)cc1. The maximum absolute atomic E-state index is 12.4. The molecule has 0 unspecified atom stereocenters. The Balaban J connectivity index is 1.42. The second-order valence-corrected chi connectivity index (χ2v) is 8.45. The van der Waals surface area contributed by atoms with Gasteiger partial charge in [0.1, 0.15) is 5.69 Å². The second-order valence-electron chi connectivity index (χ2n) is 5.73. The fourth-order valence-electron chi connectivity index (χ4n) is 2.58. The number of hydrogen-bond donors (Lipinski definition) is 2. The highest BCUT2D eigenvalue weighted by Crippen LogP contribution is 2.43. The van der Waals surface area contributed by atoms with Crippen molar-refractivity contribution in [2.24, 2.45) is 0 Å². The topological polar surface area (TPSA) is 83.6 Å². The number of anilines is 1. The van der Waals surface area contributed by atoms with Gasteiger partial charge in [0.05, 0.1) is 4.58 Å². The highest BCUT2D eigenvalue weighted by Gasteiger charge is 2.17. The van der Waals surface area contributed by atoms with Gasteiger partial charge >= 0.3 is 0 Å². The van der Waals surface area contributed by atoms with Crippen molar-refractivity contribution in [1.29, 1.82) is 0 Å². The minimum absolute atomic E-state index is 0.230. The van der Waals surface area contributed by atoms with Crippen LogP contribution in [0.2, 0.25) is 0 Å². The van der Waals surface area contributed by atoms with Crippen molar-refractivity contribution in [1.82, 2.24) is 20.2 Å². The van der Waals surface area contributed by atoms with Crippen LogP contribution in [0.5, 0.6) is 0 Å². The van der Waals surface area contributed by atoms with Crippen molar-refractivity contribution in [2.45, 2.75) is 11.0 Å². The standard InChI is InChI=1S/C18H17N5OS2/c24-16(12-5-7-13(8-6-12)17-25-10-3-11-26-17)21-18-20-15(22-23-18)14-4-1-2-9-19-14/h1-2,4-9,17H,3,10-11H2,(H2,20,21,22,23,24). The van der Waals surface area contributed by atoms with Crippen molar-refractivity contribution in [3.8, 4) is 11.5 Å². The molecule has 1 aliphatic heterocycles. The maximum Gasteiger partial charge on any atom is 0.258 e. The number of carbonyl (C=O) groups excluding carboxylic acids is 1. The van der Waals surface area contributed by atoms with Gasteiger partial charge in [0.15, 0.2) is 5.82 Å². The van der Waals surface area contributed by atoms with E-state index in [0.29, 0.717) is 21.7 Å². The molecule has 0 saturated carbocycles. The number of nitrogens with one attached hydrogen (secondary N) is 2. The number of rotatable bonds is 4. The summed E-state index contributed by atoms with van der Waals surface area (Å²) in [6, 6.07) is 13.3. The minimum atomic E-state index is -0.230. The summed E-state index contributed by atoms with van der Waals surface area (Å²) in [7, 11) is 0. The third-order valence-corrected chi connectivity index (χ3v) is 6.91. The van der Waals surface area contributed by atoms with E-state index in [9.17, 15) is 4.79 Å². The van der Waals surface area contributed by atoms with Crippen molar-refractivity contribution in [3.63, 3.8) is 0 Å². The van der Waals surface area contributed by atoms with Crippen LogP contribution >= 0.6 is 23.5 Å². The number of benzene rings is 1. The zero-order valence-corrected chi connectivity index (χ0v) is 15.5. The first-order valence-electron chi connectivity index (χ1n) is 8.28. The summed E-state index contributed by atoms with van der Waals surface area (Å²) in [6.45, 7) is 0. The van der Waals surface area contributed by atoms with Gasteiger partial charge in [0.2, 0.25) is 5.95 Å². The van der Waals surface area contributed by atoms with Crippen LogP contribution in [0.1, 0.15) is 26.9 Å². The Labute approximate surface area is 159 Å². The highest BCUT2D eigenvalue weighted by molar-refractivity contribution is 8.16. The van der Waals surface area contributed by atoms with E-state index in [1.165, 1.54) is 23.5 Å². The van der Waals surface area contributed by atoms with Crippen LogP contribution < -0.4 is 5.32 Å². The molecule has 6 nitrogen and oxygen atoms in total. The monoisotopic (exact) mass is 383 g/mol. The third-order valence-electron chi connectivity index (χ3n) is 3.89. The van der Waals surface area contributed by atoms with Gasteiger partial charge in [-0.25, -0.2) is 0 Å². The first-order valence-corrected chi connectivity index (χ1v) is 10.4. The number of pyridine rings is 1. The number of aromatic nitrogens is 4. The molecule has 1 fully saturated rings. The van der Waals surface area contributed by atoms with Crippen LogP contribution in [0.3, 0.4) is 0 Å². The molecular formula is C18H17N5OS2. The van der Waals surface area contributed by atoms with Gasteiger partial charge in [-0.05, 0) is 47.8 Å². The molecule has 0 radical (unpaired) electrons. The Morgan fingerprint density at radius 2 is 1.92 bits per heavy atom. The lowest BCUT2D eigenvalue weighted by atomic mass is 10.1. The predicted octanol–water partition coefficient (Wildman–Crippen LogP) is 3.99. The molecular weight excluding hydrogens is 366 g/mol. The highest BCUT2D eigenvalue weighted by atomic mass is 32.2. The molecule has 8 heteroatoms. The van der Waals surface area contributed by atoms with E-state index in [2.05, 4.69) is 25.5 Å². The van der Waals surface area contributed by atoms with Gasteiger partial charge < -0.3 is 0 Å². The normalized spacial score (nSPS) is 14.9. The number of amides is 1. The molecule has 0 bridgehead atoms. The lowest BCUT2D eigenvalue weighted by Gasteiger charge is -2.21.